The molecule has 0 aromatic carbocycles. The molecule has 0 amide bonds. The fourth-order valence-corrected chi connectivity index (χ4v) is 8.07. The van der Waals surface area contributed by atoms with Crippen molar-refractivity contribution < 1.29 is 28.6 Å². The van der Waals surface area contributed by atoms with Gasteiger partial charge in [-0.1, -0.05) is 163 Å². The van der Waals surface area contributed by atoms with Gasteiger partial charge in [-0.2, -0.15) is 0 Å². The maximum absolute atomic E-state index is 13.3. The summed E-state index contributed by atoms with van der Waals surface area (Å²) < 4.78 is 18.0. The van der Waals surface area contributed by atoms with Crippen molar-refractivity contribution in [1.82, 2.24) is 4.90 Å². The fourth-order valence-electron chi connectivity index (χ4n) is 8.07. The number of rotatable bonds is 42. The number of ether oxygens (including phenoxy) is 3. The summed E-state index contributed by atoms with van der Waals surface area (Å²) in [6.45, 7) is 11.6. The number of hydrogen-bond donors (Lipinski definition) is 0. The highest BCUT2D eigenvalue weighted by Crippen LogP contribution is 2.24. The summed E-state index contributed by atoms with van der Waals surface area (Å²) in [6, 6.07) is -0.283. The van der Waals surface area contributed by atoms with Crippen LogP contribution in [0.25, 0.3) is 0 Å². The molecule has 0 aromatic rings. The molecular formula is C49H93NO6. The van der Waals surface area contributed by atoms with E-state index < -0.39 is 0 Å². The van der Waals surface area contributed by atoms with Crippen LogP contribution < -0.4 is 0 Å². The van der Waals surface area contributed by atoms with Crippen molar-refractivity contribution in [3.05, 3.63) is 0 Å². The molecule has 0 spiro atoms. The van der Waals surface area contributed by atoms with Gasteiger partial charge in [0, 0.05) is 38.8 Å². The van der Waals surface area contributed by atoms with Gasteiger partial charge in [-0.05, 0) is 70.8 Å². The smallest absolute Gasteiger partial charge is 0.323 e. The molecule has 0 aromatic heterocycles. The van der Waals surface area contributed by atoms with Crippen LogP contribution in [0.4, 0.5) is 0 Å². The van der Waals surface area contributed by atoms with Gasteiger partial charge in [-0.15, -0.1) is 0 Å². The number of Topliss-reactive ketones (excluding diaryl/α,β-unsaturated/α-hetero) is 1. The van der Waals surface area contributed by atoms with Gasteiger partial charge in [-0.3, -0.25) is 19.3 Å². The molecule has 7 heteroatoms. The summed E-state index contributed by atoms with van der Waals surface area (Å²) in [7, 11) is 0. The van der Waals surface area contributed by atoms with E-state index in [0.717, 1.165) is 90.3 Å². The number of hydrogen-bond acceptors (Lipinski definition) is 7. The Balaban J connectivity index is 2.36. The zero-order chi connectivity index (χ0) is 40.7. The first-order valence-electron chi connectivity index (χ1n) is 24.7. The summed E-state index contributed by atoms with van der Waals surface area (Å²) in [5.41, 5.74) is 0. The maximum Gasteiger partial charge on any atom is 0.323 e. The minimum Gasteiger partial charge on any atom is -0.465 e. The van der Waals surface area contributed by atoms with E-state index in [9.17, 15) is 14.4 Å². The standard InChI is InChI=1S/C49H93NO6/c1-5-9-13-16-19-20-21-22-23-27-34-44(51)35-28-26-32-39-50-43-46(54-40-12-8-4)42-47(50)49(53)55-41-33-31-38-48(52)56-45(36-29-24-17-14-10-6-2)37-30-25-18-15-11-7-3/h45-47H,5-43H2,1-4H3. The summed E-state index contributed by atoms with van der Waals surface area (Å²) in [5, 5.41) is 0. The van der Waals surface area contributed by atoms with Crippen LogP contribution in [0, 0.1) is 0 Å². The SMILES string of the molecule is CCCCCCCCCCCCC(=O)CCCCCN1CC(OCCCC)CC1C(=O)OCCCCC(=O)OC(CCCCCCCC)CCCCCCCC. The minimum atomic E-state index is -0.283. The van der Waals surface area contributed by atoms with Gasteiger partial charge in [0.2, 0.25) is 0 Å². The summed E-state index contributed by atoms with van der Waals surface area (Å²) >= 11 is 0. The Labute approximate surface area is 347 Å². The summed E-state index contributed by atoms with van der Waals surface area (Å²) in [4.78, 5) is 40.9. The van der Waals surface area contributed by atoms with Crippen molar-refractivity contribution in [2.45, 2.75) is 271 Å². The van der Waals surface area contributed by atoms with E-state index in [1.807, 2.05) is 0 Å². The van der Waals surface area contributed by atoms with Gasteiger partial charge < -0.3 is 14.2 Å². The van der Waals surface area contributed by atoms with Crippen LogP contribution in [-0.2, 0) is 28.6 Å². The second-order valence-electron chi connectivity index (χ2n) is 17.2. The highest BCUT2D eigenvalue weighted by atomic mass is 16.5. The number of ketones is 1. The zero-order valence-corrected chi connectivity index (χ0v) is 37.7. The molecule has 330 valence electrons. The second kappa shape index (κ2) is 39.0. The second-order valence-corrected chi connectivity index (χ2v) is 17.2. The Morgan fingerprint density at radius 2 is 0.982 bits per heavy atom. The van der Waals surface area contributed by atoms with Gasteiger partial charge in [0.25, 0.3) is 0 Å². The summed E-state index contributed by atoms with van der Waals surface area (Å²) in [5.74, 6) is 0.137. The van der Waals surface area contributed by atoms with Gasteiger partial charge in [-0.25, -0.2) is 0 Å². The predicted octanol–water partition coefficient (Wildman–Crippen LogP) is 13.8. The van der Waals surface area contributed by atoms with Crippen molar-refractivity contribution >= 4 is 17.7 Å². The molecule has 1 heterocycles. The third kappa shape index (κ3) is 30.6. The molecule has 0 bridgehead atoms. The van der Waals surface area contributed by atoms with E-state index in [0.29, 0.717) is 44.5 Å². The van der Waals surface area contributed by atoms with Crippen molar-refractivity contribution in [3.63, 3.8) is 0 Å². The van der Waals surface area contributed by atoms with E-state index in [1.165, 1.54) is 122 Å². The van der Waals surface area contributed by atoms with Gasteiger partial charge in [0.1, 0.15) is 17.9 Å². The monoisotopic (exact) mass is 792 g/mol. The van der Waals surface area contributed by atoms with Crippen molar-refractivity contribution in [1.29, 1.82) is 0 Å². The Morgan fingerprint density at radius 3 is 1.52 bits per heavy atom. The number of carbonyl (C=O) groups excluding carboxylic acids is 3. The van der Waals surface area contributed by atoms with E-state index >= 15 is 0 Å². The first kappa shape index (κ1) is 52.5. The average molecular weight is 792 g/mol. The number of nitrogens with zero attached hydrogens (tertiary/aromatic N) is 1. The fraction of sp³-hybridized carbons (Fsp3) is 0.939. The highest BCUT2D eigenvalue weighted by Gasteiger charge is 2.38. The third-order valence-corrected chi connectivity index (χ3v) is 11.8. The topological polar surface area (TPSA) is 82.1 Å². The van der Waals surface area contributed by atoms with Crippen LogP contribution in [0.1, 0.15) is 252 Å². The molecule has 1 rings (SSSR count). The Morgan fingerprint density at radius 1 is 0.518 bits per heavy atom. The van der Waals surface area contributed by atoms with Crippen LogP contribution in [0.3, 0.4) is 0 Å². The average Bonchev–Trinajstić information content (AvgIpc) is 3.60. The van der Waals surface area contributed by atoms with Crippen LogP contribution >= 0.6 is 0 Å². The molecule has 0 radical (unpaired) electrons. The molecule has 7 nitrogen and oxygen atoms in total. The minimum absolute atomic E-state index is 0.0355. The van der Waals surface area contributed by atoms with Crippen LogP contribution in [-0.4, -0.2) is 67.2 Å². The lowest BCUT2D eigenvalue weighted by Gasteiger charge is -2.22. The van der Waals surface area contributed by atoms with Gasteiger partial charge >= 0.3 is 11.9 Å². The van der Waals surface area contributed by atoms with E-state index in [-0.39, 0.29) is 30.2 Å². The van der Waals surface area contributed by atoms with Crippen molar-refractivity contribution in [2.24, 2.45) is 0 Å². The Kier molecular flexibility index (Phi) is 36.6. The largest absolute Gasteiger partial charge is 0.465 e. The highest BCUT2D eigenvalue weighted by molar-refractivity contribution is 5.78. The molecule has 1 aliphatic heterocycles. The molecule has 0 N–H and O–H groups in total. The molecule has 0 saturated carbocycles. The number of carbonyl (C=O) groups is 3. The lowest BCUT2D eigenvalue weighted by molar-refractivity contribution is -0.150. The lowest BCUT2D eigenvalue weighted by atomic mass is 10.0. The molecule has 2 atom stereocenters. The molecule has 2 unspecified atom stereocenters. The lowest BCUT2D eigenvalue weighted by Crippen LogP contribution is -2.38. The summed E-state index contributed by atoms with van der Waals surface area (Å²) in [6.07, 6.45) is 38.8. The third-order valence-electron chi connectivity index (χ3n) is 11.8. The number of unbranched alkanes of at least 4 members (excludes halogenated alkanes) is 23. The Bertz CT molecular complexity index is 895. The van der Waals surface area contributed by atoms with E-state index in [1.54, 1.807) is 0 Å². The maximum atomic E-state index is 13.3. The quantitative estimate of drug-likeness (QED) is 0.0450. The first-order valence-corrected chi connectivity index (χ1v) is 24.7. The molecule has 1 fully saturated rings. The van der Waals surface area contributed by atoms with Crippen LogP contribution in [0.5, 0.6) is 0 Å². The molecule has 0 aliphatic carbocycles. The van der Waals surface area contributed by atoms with Crippen molar-refractivity contribution in [2.75, 3.05) is 26.3 Å². The molecule has 1 saturated heterocycles. The van der Waals surface area contributed by atoms with E-state index in [4.69, 9.17) is 14.2 Å². The van der Waals surface area contributed by atoms with Crippen LogP contribution in [0.2, 0.25) is 0 Å². The zero-order valence-electron chi connectivity index (χ0n) is 37.7. The Hall–Kier alpha value is -1.47. The van der Waals surface area contributed by atoms with Crippen LogP contribution in [0.15, 0.2) is 0 Å². The van der Waals surface area contributed by atoms with E-state index in [2.05, 4.69) is 32.6 Å². The normalized spacial score (nSPS) is 15.9. The van der Waals surface area contributed by atoms with Gasteiger partial charge in [0.15, 0.2) is 0 Å². The number of esters is 2. The first-order chi connectivity index (χ1) is 27.4. The predicted molar refractivity (Wildman–Crippen MR) is 235 cm³/mol. The number of likely N-dealkylation sites (tertiary alicyclic amines) is 1. The van der Waals surface area contributed by atoms with Gasteiger partial charge in [0.05, 0.1) is 12.7 Å². The van der Waals surface area contributed by atoms with Crippen molar-refractivity contribution in [3.8, 4) is 0 Å². The molecule has 1 aliphatic rings. The molecule has 56 heavy (non-hydrogen) atoms. The molecular weight excluding hydrogens is 699 g/mol.